The van der Waals surface area contributed by atoms with E-state index in [0.29, 0.717) is 0 Å². The molecular weight excluding hydrogens is 170 g/mol. The summed E-state index contributed by atoms with van der Waals surface area (Å²) in [5.41, 5.74) is 4.96. The number of rotatable bonds is 3. The third kappa shape index (κ3) is 3.42. The zero-order valence-electron chi connectivity index (χ0n) is 7.51. The molecule has 1 atom stereocenters. The highest BCUT2D eigenvalue weighted by Gasteiger charge is 2.19. The molecule has 13 heavy (non-hydrogen) atoms. The van der Waals surface area contributed by atoms with E-state index in [1.54, 1.807) is 0 Å². The van der Waals surface area contributed by atoms with Crippen LogP contribution in [0.5, 0.6) is 0 Å². The predicted molar refractivity (Wildman–Crippen MR) is 47.8 cm³/mol. The lowest BCUT2D eigenvalue weighted by molar-refractivity contribution is -0.123. The minimum atomic E-state index is -0.433. The van der Waals surface area contributed by atoms with Crippen LogP contribution in [0.25, 0.3) is 0 Å². The Morgan fingerprint density at radius 3 is 3.08 bits per heavy atom. The molecular formula is C8H15N3O2. The Kier molecular flexibility index (Phi) is 3.70. The summed E-state index contributed by atoms with van der Waals surface area (Å²) in [6, 6.07) is -0.255. The van der Waals surface area contributed by atoms with Crippen LogP contribution in [0.15, 0.2) is 0 Å². The molecule has 0 spiro atoms. The van der Waals surface area contributed by atoms with Gasteiger partial charge in [-0.15, -0.1) is 0 Å². The molecule has 0 aromatic heterocycles. The zero-order chi connectivity index (χ0) is 9.68. The smallest absolute Gasteiger partial charge is 0.237 e. The molecule has 1 saturated heterocycles. The summed E-state index contributed by atoms with van der Waals surface area (Å²) in [4.78, 5) is 21.8. The van der Waals surface area contributed by atoms with E-state index < -0.39 is 5.91 Å². The van der Waals surface area contributed by atoms with E-state index in [1.165, 1.54) is 0 Å². The lowest BCUT2D eigenvalue weighted by Gasteiger charge is -2.13. The number of carbonyl (C=O) groups is 2. The highest BCUT2D eigenvalue weighted by atomic mass is 16.2. The second-order valence-electron chi connectivity index (χ2n) is 3.19. The standard InChI is InChI=1S/C8H15N3O2/c9-7(12)5-11-6-3-1-2-4-10-8(6)13/h6,11H,1-5H2,(H2,9,12)(H,10,13). The van der Waals surface area contributed by atoms with Gasteiger partial charge in [-0.1, -0.05) is 0 Å². The van der Waals surface area contributed by atoms with Gasteiger partial charge in [0.15, 0.2) is 0 Å². The first-order valence-corrected chi connectivity index (χ1v) is 4.49. The van der Waals surface area contributed by atoms with Gasteiger partial charge in [0.25, 0.3) is 0 Å². The van der Waals surface area contributed by atoms with Crippen LogP contribution in [0, 0.1) is 0 Å². The van der Waals surface area contributed by atoms with E-state index in [1.807, 2.05) is 0 Å². The minimum absolute atomic E-state index is 0.0289. The molecule has 0 saturated carbocycles. The Bertz CT molecular complexity index is 206. The molecule has 5 nitrogen and oxygen atoms in total. The lowest BCUT2D eigenvalue weighted by atomic mass is 10.1. The molecule has 0 aromatic carbocycles. The molecule has 1 aliphatic heterocycles. The fourth-order valence-corrected chi connectivity index (χ4v) is 1.36. The van der Waals surface area contributed by atoms with Crippen molar-refractivity contribution in [2.75, 3.05) is 13.1 Å². The maximum absolute atomic E-state index is 11.3. The van der Waals surface area contributed by atoms with Gasteiger partial charge in [0.2, 0.25) is 11.8 Å². The second-order valence-corrected chi connectivity index (χ2v) is 3.19. The molecule has 1 aliphatic rings. The average molecular weight is 185 g/mol. The third-order valence-electron chi connectivity index (χ3n) is 2.06. The number of amides is 2. The van der Waals surface area contributed by atoms with Gasteiger partial charge >= 0.3 is 0 Å². The van der Waals surface area contributed by atoms with Gasteiger partial charge in [-0.2, -0.15) is 0 Å². The maximum Gasteiger partial charge on any atom is 0.237 e. The molecule has 0 radical (unpaired) electrons. The topological polar surface area (TPSA) is 84.2 Å². The number of nitrogens with two attached hydrogens (primary N) is 1. The number of carbonyl (C=O) groups excluding carboxylic acids is 2. The van der Waals surface area contributed by atoms with Gasteiger partial charge < -0.3 is 11.1 Å². The Morgan fingerprint density at radius 2 is 2.38 bits per heavy atom. The summed E-state index contributed by atoms with van der Waals surface area (Å²) in [5.74, 6) is -0.462. The van der Waals surface area contributed by atoms with Gasteiger partial charge in [0.05, 0.1) is 12.6 Å². The first-order valence-electron chi connectivity index (χ1n) is 4.49. The summed E-state index contributed by atoms with van der Waals surface area (Å²) < 4.78 is 0. The lowest BCUT2D eigenvalue weighted by Crippen LogP contribution is -2.45. The van der Waals surface area contributed by atoms with Crippen molar-refractivity contribution in [2.45, 2.75) is 25.3 Å². The van der Waals surface area contributed by atoms with Crippen LogP contribution in [-0.2, 0) is 9.59 Å². The largest absolute Gasteiger partial charge is 0.369 e. The Labute approximate surface area is 77.1 Å². The summed E-state index contributed by atoms with van der Waals surface area (Å²) in [7, 11) is 0. The molecule has 0 aromatic rings. The van der Waals surface area contributed by atoms with Crippen LogP contribution in [-0.4, -0.2) is 30.9 Å². The van der Waals surface area contributed by atoms with Crippen LogP contribution < -0.4 is 16.4 Å². The van der Waals surface area contributed by atoms with E-state index >= 15 is 0 Å². The van der Waals surface area contributed by atoms with E-state index in [4.69, 9.17) is 5.73 Å². The van der Waals surface area contributed by atoms with Gasteiger partial charge in [0, 0.05) is 6.54 Å². The van der Waals surface area contributed by atoms with E-state index in [0.717, 1.165) is 25.8 Å². The first kappa shape index (κ1) is 9.98. The fourth-order valence-electron chi connectivity index (χ4n) is 1.36. The maximum atomic E-state index is 11.3. The summed E-state index contributed by atoms with van der Waals surface area (Å²) in [6.07, 6.45) is 2.77. The predicted octanol–water partition coefficient (Wildman–Crippen LogP) is -1.27. The van der Waals surface area contributed by atoms with Gasteiger partial charge in [-0.25, -0.2) is 0 Å². The van der Waals surface area contributed by atoms with Crippen LogP contribution in [0.4, 0.5) is 0 Å². The highest BCUT2D eigenvalue weighted by molar-refractivity contribution is 5.83. The third-order valence-corrected chi connectivity index (χ3v) is 2.06. The first-order chi connectivity index (χ1) is 6.20. The molecule has 0 aliphatic carbocycles. The van der Waals surface area contributed by atoms with Crippen LogP contribution >= 0.6 is 0 Å². The van der Waals surface area contributed by atoms with Crippen molar-refractivity contribution < 1.29 is 9.59 Å². The fraction of sp³-hybridized carbons (Fsp3) is 0.750. The van der Waals surface area contributed by atoms with Crippen molar-refractivity contribution in [3.8, 4) is 0 Å². The zero-order valence-corrected chi connectivity index (χ0v) is 7.51. The molecule has 2 amide bonds. The van der Waals surface area contributed by atoms with Crippen LogP contribution in [0.3, 0.4) is 0 Å². The number of hydrogen-bond donors (Lipinski definition) is 3. The van der Waals surface area contributed by atoms with Crippen molar-refractivity contribution in [2.24, 2.45) is 5.73 Å². The van der Waals surface area contributed by atoms with Crippen molar-refractivity contribution in [1.82, 2.24) is 10.6 Å². The van der Waals surface area contributed by atoms with Gasteiger partial charge in [-0.3, -0.25) is 14.9 Å². The summed E-state index contributed by atoms with van der Waals surface area (Å²) >= 11 is 0. The SMILES string of the molecule is NC(=O)CNC1CCCCNC1=O. The molecule has 0 bridgehead atoms. The summed E-state index contributed by atoms with van der Waals surface area (Å²) in [6.45, 7) is 0.797. The Hall–Kier alpha value is -1.10. The van der Waals surface area contributed by atoms with E-state index in [-0.39, 0.29) is 18.5 Å². The quantitative estimate of drug-likeness (QED) is 0.512. The molecule has 4 N–H and O–H groups in total. The van der Waals surface area contributed by atoms with Crippen LogP contribution in [0.1, 0.15) is 19.3 Å². The number of primary amides is 1. The molecule has 1 unspecified atom stereocenters. The Morgan fingerprint density at radius 1 is 1.62 bits per heavy atom. The number of nitrogens with one attached hydrogen (secondary N) is 2. The minimum Gasteiger partial charge on any atom is -0.369 e. The van der Waals surface area contributed by atoms with E-state index in [9.17, 15) is 9.59 Å². The van der Waals surface area contributed by atoms with Crippen molar-refractivity contribution in [1.29, 1.82) is 0 Å². The monoisotopic (exact) mass is 185 g/mol. The van der Waals surface area contributed by atoms with Crippen LogP contribution in [0.2, 0.25) is 0 Å². The second kappa shape index (κ2) is 4.81. The molecule has 1 fully saturated rings. The van der Waals surface area contributed by atoms with Crippen molar-refractivity contribution in [3.05, 3.63) is 0 Å². The molecule has 74 valence electrons. The highest BCUT2D eigenvalue weighted by Crippen LogP contribution is 2.04. The summed E-state index contributed by atoms with van der Waals surface area (Å²) in [5, 5.41) is 5.59. The Balaban J connectivity index is 2.36. The van der Waals surface area contributed by atoms with E-state index in [2.05, 4.69) is 10.6 Å². The average Bonchev–Trinajstić information content (AvgIpc) is 2.27. The normalized spacial score (nSPS) is 23.4. The van der Waals surface area contributed by atoms with Gasteiger partial charge in [0.1, 0.15) is 0 Å². The molecule has 5 heteroatoms. The van der Waals surface area contributed by atoms with Crippen molar-refractivity contribution >= 4 is 11.8 Å². The van der Waals surface area contributed by atoms with Gasteiger partial charge in [-0.05, 0) is 19.3 Å². The van der Waals surface area contributed by atoms with Crippen molar-refractivity contribution in [3.63, 3.8) is 0 Å². The molecule has 1 rings (SSSR count). The molecule has 1 heterocycles. The number of hydrogen-bond acceptors (Lipinski definition) is 3.